The van der Waals surface area contributed by atoms with Crippen molar-refractivity contribution < 1.29 is 4.79 Å². The van der Waals surface area contributed by atoms with Crippen LogP contribution in [-0.4, -0.2) is 17.4 Å². The third-order valence-electron chi connectivity index (χ3n) is 3.54. The standard InChI is InChI=1S/C15H22N2O/c16-10-6-2-1-3-9-15(18)17-11-13-7-4-5-8-14(13)12-17/h4-5,7-8H,1-3,6,9-12,16H2. The molecule has 0 fully saturated rings. The van der Waals surface area contributed by atoms with Gasteiger partial charge in [-0.05, 0) is 30.5 Å². The Morgan fingerprint density at radius 1 is 1.06 bits per heavy atom. The quantitative estimate of drug-likeness (QED) is 0.784. The number of hydrogen-bond donors (Lipinski definition) is 1. The number of carbonyl (C=O) groups is 1. The van der Waals surface area contributed by atoms with Crippen LogP contribution in [0.1, 0.15) is 43.2 Å². The average molecular weight is 246 g/mol. The Hall–Kier alpha value is -1.35. The molecule has 1 heterocycles. The predicted molar refractivity (Wildman–Crippen MR) is 72.8 cm³/mol. The van der Waals surface area contributed by atoms with Gasteiger partial charge in [-0.3, -0.25) is 4.79 Å². The predicted octanol–water partition coefficient (Wildman–Crippen LogP) is 2.44. The zero-order valence-corrected chi connectivity index (χ0v) is 10.9. The number of fused-ring (bicyclic) bond motifs is 1. The number of rotatable bonds is 6. The molecule has 0 saturated heterocycles. The average Bonchev–Trinajstić information content (AvgIpc) is 2.82. The van der Waals surface area contributed by atoms with Gasteiger partial charge in [0.2, 0.25) is 5.91 Å². The van der Waals surface area contributed by atoms with Gasteiger partial charge in [-0.1, -0.05) is 37.1 Å². The Labute approximate surface area is 109 Å². The number of carbonyl (C=O) groups excluding carboxylic acids is 1. The monoisotopic (exact) mass is 246 g/mol. The highest BCUT2D eigenvalue weighted by molar-refractivity contribution is 5.76. The number of unbranched alkanes of at least 4 members (excludes halogenated alkanes) is 3. The van der Waals surface area contributed by atoms with Gasteiger partial charge in [-0.25, -0.2) is 0 Å². The molecule has 0 unspecified atom stereocenters. The molecule has 0 spiro atoms. The highest BCUT2D eigenvalue weighted by Crippen LogP contribution is 2.23. The van der Waals surface area contributed by atoms with Crippen LogP contribution in [0.15, 0.2) is 24.3 Å². The molecule has 0 bridgehead atoms. The normalized spacial score (nSPS) is 13.7. The van der Waals surface area contributed by atoms with E-state index in [0.29, 0.717) is 12.3 Å². The van der Waals surface area contributed by atoms with Gasteiger partial charge in [0, 0.05) is 19.5 Å². The first-order valence-electron chi connectivity index (χ1n) is 6.86. The second-order valence-electron chi connectivity index (χ2n) is 4.97. The van der Waals surface area contributed by atoms with Crippen LogP contribution < -0.4 is 5.73 Å². The molecule has 2 rings (SSSR count). The van der Waals surface area contributed by atoms with Crippen LogP contribution >= 0.6 is 0 Å². The fraction of sp³-hybridized carbons (Fsp3) is 0.533. The molecule has 1 aromatic carbocycles. The molecule has 1 aliphatic rings. The smallest absolute Gasteiger partial charge is 0.223 e. The van der Waals surface area contributed by atoms with Crippen LogP contribution in [-0.2, 0) is 17.9 Å². The summed E-state index contributed by atoms with van der Waals surface area (Å²) in [6.07, 6.45) is 5.00. The summed E-state index contributed by atoms with van der Waals surface area (Å²) >= 11 is 0. The largest absolute Gasteiger partial charge is 0.334 e. The zero-order chi connectivity index (χ0) is 12.8. The summed E-state index contributed by atoms with van der Waals surface area (Å²) in [5, 5.41) is 0. The Bertz CT molecular complexity index is 378. The molecule has 2 N–H and O–H groups in total. The third kappa shape index (κ3) is 3.33. The Balaban J connectivity index is 1.72. The molecule has 0 aromatic heterocycles. The molecule has 1 aromatic rings. The van der Waals surface area contributed by atoms with Crippen molar-refractivity contribution in [2.24, 2.45) is 5.73 Å². The Morgan fingerprint density at radius 2 is 1.67 bits per heavy atom. The van der Waals surface area contributed by atoms with Crippen molar-refractivity contribution in [2.45, 2.75) is 45.2 Å². The lowest BCUT2D eigenvalue weighted by atomic mass is 10.1. The van der Waals surface area contributed by atoms with Gasteiger partial charge < -0.3 is 10.6 Å². The van der Waals surface area contributed by atoms with Gasteiger partial charge in [0.1, 0.15) is 0 Å². The first kappa shape index (κ1) is 13.1. The summed E-state index contributed by atoms with van der Waals surface area (Å²) in [5.74, 6) is 0.291. The maximum absolute atomic E-state index is 12.0. The second-order valence-corrected chi connectivity index (χ2v) is 4.97. The highest BCUT2D eigenvalue weighted by Gasteiger charge is 2.21. The third-order valence-corrected chi connectivity index (χ3v) is 3.54. The van der Waals surface area contributed by atoms with Crippen LogP contribution in [0.3, 0.4) is 0 Å². The lowest BCUT2D eigenvalue weighted by Gasteiger charge is -2.15. The van der Waals surface area contributed by atoms with E-state index in [2.05, 4.69) is 12.1 Å². The first-order chi connectivity index (χ1) is 8.81. The van der Waals surface area contributed by atoms with Crippen molar-refractivity contribution in [3.8, 4) is 0 Å². The SMILES string of the molecule is NCCCCCCC(=O)N1Cc2ccccc2C1. The molecular weight excluding hydrogens is 224 g/mol. The van der Waals surface area contributed by atoms with Crippen molar-refractivity contribution >= 4 is 5.91 Å². The van der Waals surface area contributed by atoms with Crippen molar-refractivity contribution in [3.05, 3.63) is 35.4 Å². The van der Waals surface area contributed by atoms with Crippen molar-refractivity contribution in [3.63, 3.8) is 0 Å². The number of benzene rings is 1. The van der Waals surface area contributed by atoms with E-state index in [1.807, 2.05) is 17.0 Å². The molecule has 0 saturated carbocycles. The fourth-order valence-electron chi connectivity index (χ4n) is 2.44. The van der Waals surface area contributed by atoms with E-state index in [9.17, 15) is 4.79 Å². The molecular formula is C15H22N2O. The molecule has 3 heteroatoms. The molecule has 98 valence electrons. The van der Waals surface area contributed by atoms with Gasteiger partial charge in [0.15, 0.2) is 0 Å². The maximum atomic E-state index is 12.0. The fourth-order valence-corrected chi connectivity index (χ4v) is 2.44. The molecule has 0 radical (unpaired) electrons. The Kier molecular flexibility index (Phi) is 4.76. The highest BCUT2D eigenvalue weighted by atomic mass is 16.2. The summed E-state index contributed by atoms with van der Waals surface area (Å²) in [6, 6.07) is 8.31. The topological polar surface area (TPSA) is 46.3 Å². The molecule has 1 amide bonds. The van der Waals surface area contributed by atoms with Crippen LogP contribution in [0, 0.1) is 0 Å². The van der Waals surface area contributed by atoms with Crippen LogP contribution in [0.25, 0.3) is 0 Å². The molecule has 3 nitrogen and oxygen atoms in total. The molecule has 0 atom stereocenters. The van der Waals surface area contributed by atoms with Gasteiger partial charge in [0.25, 0.3) is 0 Å². The van der Waals surface area contributed by atoms with Crippen LogP contribution in [0.4, 0.5) is 0 Å². The maximum Gasteiger partial charge on any atom is 0.223 e. The summed E-state index contributed by atoms with van der Waals surface area (Å²) in [4.78, 5) is 14.0. The molecule has 1 aliphatic heterocycles. The molecule has 18 heavy (non-hydrogen) atoms. The lowest BCUT2D eigenvalue weighted by Crippen LogP contribution is -2.24. The van der Waals surface area contributed by atoms with Crippen LogP contribution in [0.2, 0.25) is 0 Å². The van der Waals surface area contributed by atoms with E-state index < -0.39 is 0 Å². The summed E-state index contributed by atoms with van der Waals surface area (Å²) in [5.41, 5.74) is 8.04. The minimum absolute atomic E-state index is 0.291. The second kappa shape index (κ2) is 6.55. The number of amides is 1. The van der Waals surface area contributed by atoms with Gasteiger partial charge in [-0.2, -0.15) is 0 Å². The number of nitrogens with zero attached hydrogens (tertiary/aromatic N) is 1. The first-order valence-corrected chi connectivity index (χ1v) is 6.86. The van der Waals surface area contributed by atoms with E-state index in [1.54, 1.807) is 0 Å². The van der Waals surface area contributed by atoms with E-state index in [-0.39, 0.29) is 0 Å². The lowest BCUT2D eigenvalue weighted by molar-refractivity contribution is -0.131. The van der Waals surface area contributed by atoms with E-state index in [0.717, 1.165) is 45.3 Å². The van der Waals surface area contributed by atoms with E-state index in [1.165, 1.54) is 11.1 Å². The van der Waals surface area contributed by atoms with E-state index in [4.69, 9.17) is 5.73 Å². The number of hydrogen-bond acceptors (Lipinski definition) is 2. The minimum Gasteiger partial charge on any atom is -0.334 e. The van der Waals surface area contributed by atoms with Crippen molar-refractivity contribution in [1.29, 1.82) is 0 Å². The number of nitrogens with two attached hydrogens (primary N) is 1. The molecule has 0 aliphatic carbocycles. The summed E-state index contributed by atoms with van der Waals surface area (Å²) < 4.78 is 0. The van der Waals surface area contributed by atoms with Crippen molar-refractivity contribution in [2.75, 3.05) is 6.54 Å². The minimum atomic E-state index is 0.291. The van der Waals surface area contributed by atoms with E-state index >= 15 is 0 Å². The summed E-state index contributed by atoms with van der Waals surface area (Å²) in [6.45, 7) is 2.34. The van der Waals surface area contributed by atoms with Gasteiger partial charge in [-0.15, -0.1) is 0 Å². The van der Waals surface area contributed by atoms with Crippen molar-refractivity contribution in [1.82, 2.24) is 4.90 Å². The van der Waals surface area contributed by atoms with Crippen LogP contribution in [0.5, 0.6) is 0 Å². The summed E-state index contributed by atoms with van der Waals surface area (Å²) in [7, 11) is 0. The van der Waals surface area contributed by atoms with Gasteiger partial charge >= 0.3 is 0 Å². The zero-order valence-electron chi connectivity index (χ0n) is 10.9. The Morgan fingerprint density at radius 3 is 2.28 bits per heavy atom. The van der Waals surface area contributed by atoms with Gasteiger partial charge in [0.05, 0.1) is 0 Å².